The number of aryl methyl sites for hydroxylation is 3. The molecular weight excluding hydrogens is 312 g/mol. The molecule has 0 amide bonds. The van der Waals surface area contributed by atoms with Crippen LogP contribution in [0.2, 0.25) is 0 Å². The summed E-state index contributed by atoms with van der Waals surface area (Å²) >= 11 is 3.86. The minimum atomic E-state index is 0.305. The zero-order valence-corrected chi connectivity index (χ0v) is 14.1. The number of ether oxygens (including phenoxy) is 1. The van der Waals surface area contributed by atoms with Gasteiger partial charge in [0.15, 0.2) is 0 Å². The molecule has 106 valence electrons. The van der Waals surface area contributed by atoms with Gasteiger partial charge in [0.2, 0.25) is 0 Å². The molecule has 0 spiro atoms. The van der Waals surface area contributed by atoms with E-state index >= 15 is 0 Å². The number of benzene rings is 2. The van der Waals surface area contributed by atoms with Gasteiger partial charge >= 0.3 is 0 Å². The maximum absolute atomic E-state index is 5.44. The highest BCUT2D eigenvalue weighted by atomic mass is 79.9. The van der Waals surface area contributed by atoms with Crippen molar-refractivity contribution in [2.75, 3.05) is 7.11 Å². The summed E-state index contributed by atoms with van der Waals surface area (Å²) < 4.78 is 5.44. The molecule has 0 fully saturated rings. The number of halogens is 1. The predicted molar refractivity (Wildman–Crippen MR) is 89.0 cm³/mol. The van der Waals surface area contributed by atoms with Crippen LogP contribution in [-0.4, -0.2) is 7.11 Å². The molecule has 0 aromatic heterocycles. The van der Waals surface area contributed by atoms with Gasteiger partial charge in [0.1, 0.15) is 5.75 Å². The smallest absolute Gasteiger partial charge is 0.122 e. The van der Waals surface area contributed by atoms with E-state index in [1.54, 1.807) is 7.11 Å². The van der Waals surface area contributed by atoms with Crippen LogP contribution in [0.4, 0.5) is 0 Å². The van der Waals surface area contributed by atoms with Crippen molar-refractivity contribution in [3.05, 3.63) is 64.2 Å². The molecule has 0 radical (unpaired) electrons. The lowest BCUT2D eigenvalue weighted by molar-refractivity contribution is 0.409. The molecule has 2 aromatic rings. The molecule has 1 atom stereocenters. The average molecular weight is 333 g/mol. The Kier molecular flexibility index (Phi) is 4.87. The number of alkyl halides is 1. The monoisotopic (exact) mass is 332 g/mol. The number of hydrogen-bond donors (Lipinski definition) is 0. The van der Waals surface area contributed by atoms with Crippen molar-refractivity contribution in [3.8, 4) is 5.75 Å². The van der Waals surface area contributed by atoms with Gasteiger partial charge in [0.05, 0.1) is 7.11 Å². The molecule has 1 unspecified atom stereocenters. The fourth-order valence-electron chi connectivity index (χ4n) is 2.85. The predicted octanol–water partition coefficient (Wildman–Crippen LogP) is 5.30. The summed E-state index contributed by atoms with van der Waals surface area (Å²) in [6, 6.07) is 12.7. The van der Waals surface area contributed by atoms with Crippen LogP contribution in [0.1, 0.15) is 32.6 Å². The molecule has 2 aromatic carbocycles. The summed E-state index contributed by atoms with van der Waals surface area (Å²) in [6.07, 6.45) is 0.925. The van der Waals surface area contributed by atoms with Crippen LogP contribution >= 0.6 is 15.9 Å². The first-order valence-electron chi connectivity index (χ1n) is 6.86. The molecule has 0 aliphatic rings. The molecule has 0 bridgehead atoms. The third-order valence-corrected chi connectivity index (χ3v) is 4.42. The summed E-state index contributed by atoms with van der Waals surface area (Å²) in [5.41, 5.74) is 6.64. The van der Waals surface area contributed by atoms with Crippen molar-refractivity contribution in [2.24, 2.45) is 0 Å². The highest BCUT2D eigenvalue weighted by Gasteiger charge is 2.16. The Morgan fingerprint density at radius 3 is 2.25 bits per heavy atom. The zero-order valence-electron chi connectivity index (χ0n) is 12.5. The largest absolute Gasteiger partial charge is 0.496 e. The first-order chi connectivity index (χ1) is 9.52. The summed E-state index contributed by atoms with van der Waals surface area (Å²) in [5, 5.41) is 0. The van der Waals surface area contributed by atoms with E-state index in [-0.39, 0.29) is 0 Å². The Morgan fingerprint density at radius 1 is 1.05 bits per heavy atom. The maximum Gasteiger partial charge on any atom is 0.122 e. The molecule has 2 heteroatoms. The van der Waals surface area contributed by atoms with Crippen LogP contribution in [0.5, 0.6) is 5.75 Å². The summed E-state index contributed by atoms with van der Waals surface area (Å²) in [6.45, 7) is 6.52. The van der Waals surface area contributed by atoms with E-state index in [0.717, 1.165) is 12.2 Å². The van der Waals surface area contributed by atoms with E-state index in [0.29, 0.717) is 4.83 Å². The van der Waals surface area contributed by atoms with Crippen molar-refractivity contribution in [2.45, 2.75) is 32.0 Å². The van der Waals surface area contributed by atoms with E-state index in [1.807, 2.05) is 12.1 Å². The van der Waals surface area contributed by atoms with E-state index in [1.165, 1.54) is 27.8 Å². The molecule has 0 saturated heterocycles. The number of rotatable bonds is 4. The lowest BCUT2D eigenvalue weighted by atomic mass is 9.94. The second kappa shape index (κ2) is 6.45. The summed E-state index contributed by atoms with van der Waals surface area (Å²) in [7, 11) is 1.73. The first kappa shape index (κ1) is 15.1. The lowest BCUT2D eigenvalue weighted by Gasteiger charge is -2.18. The van der Waals surface area contributed by atoms with Gasteiger partial charge < -0.3 is 4.74 Å². The van der Waals surface area contributed by atoms with Crippen LogP contribution in [0.15, 0.2) is 36.4 Å². The standard InChI is InChI=1S/C18H21BrO/c1-12-9-13(2)18(14(3)10-12)16(19)11-15-7-5-6-8-17(15)20-4/h5-10,16H,11H2,1-4H3. The average Bonchev–Trinajstić information content (AvgIpc) is 2.38. The van der Waals surface area contributed by atoms with Crippen molar-refractivity contribution < 1.29 is 4.74 Å². The topological polar surface area (TPSA) is 9.23 Å². The number of para-hydroxylation sites is 1. The highest BCUT2D eigenvalue weighted by Crippen LogP contribution is 2.34. The SMILES string of the molecule is COc1ccccc1CC(Br)c1c(C)cc(C)cc1C. The van der Waals surface area contributed by atoms with Crippen LogP contribution in [0.3, 0.4) is 0 Å². The van der Waals surface area contributed by atoms with Gasteiger partial charge in [-0.2, -0.15) is 0 Å². The lowest BCUT2D eigenvalue weighted by Crippen LogP contribution is -2.03. The van der Waals surface area contributed by atoms with Gasteiger partial charge in [-0.25, -0.2) is 0 Å². The van der Waals surface area contributed by atoms with Gasteiger partial charge in [0.25, 0.3) is 0 Å². The molecule has 0 saturated carbocycles. The van der Waals surface area contributed by atoms with Gasteiger partial charge in [-0.05, 0) is 55.5 Å². The summed E-state index contributed by atoms with van der Waals surface area (Å²) in [5.74, 6) is 0.958. The Morgan fingerprint density at radius 2 is 1.65 bits per heavy atom. The Hall–Kier alpha value is -1.28. The van der Waals surface area contributed by atoms with Crippen LogP contribution in [0, 0.1) is 20.8 Å². The molecule has 0 aliphatic heterocycles. The van der Waals surface area contributed by atoms with E-state index in [4.69, 9.17) is 4.74 Å². The van der Waals surface area contributed by atoms with Crippen LogP contribution in [0.25, 0.3) is 0 Å². The van der Waals surface area contributed by atoms with Gasteiger partial charge in [-0.1, -0.05) is 51.8 Å². The minimum Gasteiger partial charge on any atom is -0.496 e. The molecule has 20 heavy (non-hydrogen) atoms. The summed E-state index contributed by atoms with van der Waals surface area (Å²) in [4.78, 5) is 0.305. The van der Waals surface area contributed by atoms with Crippen molar-refractivity contribution in [1.82, 2.24) is 0 Å². The van der Waals surface area contributed by atoms with Crippen molar-refractivity contribution >= 4 is 15.9 Å². The van der Waals surface area contributed by atoms with Gasteiger partial charge in [-0.15, -0.1) is 0 Å². The Bertz CT molecular complexity index is 581. The maximum atomic E-state index is 5.44. The van der Waals surface area contributed by atoms with Crippen molar-refractivity contribution in [1.29, 1.82) is 0 Å². The van der Waals surface area contributed by atoms with Crippen LogP contribution in [-0.2, 0) is 6.42 Å². The molecular formula is C18H21BrO. The molecule has 1 nitrogen and oxygen atoms in total. The quantitative estimate of drug-likeness (QED) is 0.690. The van der Waals surface area contributed by atoms with Crippen LogP contribution < -0.4 is 4.74 Å². The zero-order chi connectivity index (χ0) is 14.7. The molecule has 0 heterocycles. The fourth-order valence-corrected chi connectivity index (χ4v) is 3.92. The Labute approximate surface area is 130 Å². The third-order valence-electron chi connectivity index (χ3n) is 3.64. The van der Waals surface area contributed by atoms with E-state index in [9.17, 15) is 0 Å². The van der Waals surface area contributed by atoms with Crippen molar-refractivity contribution in [3.63, 3.8) is 0 Å². The second-order valence-corrected chi connectivity index (χ2v) is 6.40. The second-order valence-electron chi connectivity index (χ2n) is 5.30. The minimum absolute atomic E-state index is 0.305. The number of hydrogen-bond acceptors (Lipinski definition) is 1. The fraction of sp³-hybridized carbons (Fsp3) is 0.333. The van der Waals surface area contributed by atoms with E-state index in [2.05, 4.69) is 61.0 Å². The highest BCUT2D eigenvalue weighted by molar-refractivity contribution is 9.09. The van der Waals surface area contributed by atoms with Gasteiger partial charge in [0, 0.05) is 4.83 Å². The number of methoxy groups -OCH3 is 1. The third kappa shape index (κ3) is 3.24. The van der Waals surface area contributed by atoms with E-state index < -0.39 is 0 Å². The first-order valence-corrected chi connectivity index (χ1v) is 7.78. The molecule has 0 N–H and O–H groups in total. The molecule has 2 rings (SSSR count). The normalized spacial score (nSPS) is 12.2. The van der Waals surface area contributed by atoms with Gasteiger partial charge in [-0.3, -0.25) is 0 Å². The Balaban J connectivity index is 2.31. The molecule has 0 aliphatic carbocycles.